The SMILES string of the molecule is CS(=O)CCNC(=O)c1cc(S(=O)(=O)Cl)cc(F)c1Cl. The molecule has 0 saturated heterocycles. The van der Waals surface area contributed by atoms with Crippen molar-refractivity contribution >= 4 is 48.0 Å². The maximum Gasteiger partial charge on any atom is 0.261 e. The summed E-state index contributed by atoms with van der Waals surface area (Å²) in [6.45, 7) is 0.0811. The largest absolute Gasteiger partial charge is 0.351 e. The molecular formula is C10H10Cl2FNO4S2. The van der Waals surface area contributed by atoms with E-state index in [9.17, 15) is 21.8 Å². The normalized spacial score (nSPS) is 13.0. The number of hydrogen-bond acceptors (Lipinski definition) is 4. The molecule has 0 bridgehead atoms. The Balaban J connectivity index is 3.08. The molecule has 0 aromatic heterocycles. The third-order valence-corrected chi connectivity index (χ3v) is 4.70. The predicted molar refractivity (Wildman–Crippen MR) is 75.7 cm³/mol. The minimum atomic E-state index is -4.19. The second-order valence-corrected chi connectivity index (χ2v) is 8.24. The molecule has 1 N–H and O–H groups in total. The van der Waals surface area contributed by atoms with Gasteiger partial charge < -0.3 is 5.32 Å². The molecule has 10 heteroatoms. The Bertz CT molecular complexity index is 663. The second-order valence-electron chi connectivity index (χ2n) is 3.74. The molecule has 0 spiro atoms. The molecule has 1 unspecified atom stereocenters. The van der Waals surface area contributed by atoms with E-state index < -0.39 is 41.5 Å². The highest BCUT2D eigenvalue weighted by Crippen LogP contribution is 2.26. The Morgan fingerprint density at radius 3 is 2.55 bits per heavy atom. The smallest absolute Gasteiger partial charge is 0.261 e. The van der Waals surface area contributed by atoms with Crippen LogP contribution in [0.3, 0.4) is 0 Å². The Labute approximate surface area is 127 Å². The minimum absolute atomic E-state index is 0.0811. The fourth-order valence-electron chi connectivity index (χ4n) is 1.27. The van der Waals surface area contributed by atoms with Gasteiger partial charge in [0.1, 0.15) is 5.82 Å². The topological polar surface area (TPSA) is 80.3 Å². The number of nitrogens with one attached hydrogen (secondary N) is 1. The molecule has 0 heterocycles. The van der Waals surface area contributed by atoms with Crippen LogP contribution in [0.25, 0.3) is 0 Å². The zero-order chi connectivity index (χ0) is 15.5. The minimum Gasteiger partial charge on any atom is -0.351 e. The van der Waals surface area contributed by atoms with E-state index in [2.05, 4.69) is 5.32 Å². The van der Waals surface area contributed by atoms with Gasteiger partial charge in [-0.15, -0.1) is 0 Å². The van der Waals surface area contributed by atoms with Gasteiger partial charge in [-0.3, -0.25) is 9.00 Å². The molecule has 1 amide bonds. The highest BCUT2D eigenvalue weighted by atomic mass is 35.7. The van der Waals surface area contributed by atoms with E-state index >= 15 is 0 Å². The molecular weight excluding hydrogens is 352 g/mol. The van der Waals surface area contributed by atoms with E-state index in [1.807, 2.05) is 0 Å². The highest BCUT2D eigenvalue weighted by molar-refractivity contribution is 8.13. The number of amides is 1. The van der Waals surface area contributed by atoms with Crippen LogP contribution in [0.2, 0.25) is 5.02 Å². The summed E-state index contributed by atoms with van der Waals surface area (Å²) in [4.78, 5) is 11.2. The average Bonchev–Trinajstić information content (AvgIpc) is 2.30. The lowest BCUT2D eigenvalue weighted by Gasteiger charge is -2.08. The Morgan fingerprint density at radius 1 is 1.45 bits per heavy atom. The first-order chi connectivity index (χ1) is 9.12. The molecule has 0 aliphatic heterocycles. The van der Waals surface area contributed by atoms with Crippen LogP contribution in [0.15, 0.2) is 17.0 Å². The van der Waals surface area contributed by atoms with Gasteiger partial charge in [0.25, 0.3) is 15.0 Å². The second kappa shape index (κ2) is 6.84. The van der Waals surface area contributed by atoms with Crippen molar-refractivity contribution in [1.82, 2.24) is 5.32 Å². The Hall–Kier alpha value is -0.700. The molecule has 5 nitrogen and oxygen atoms in total. The summed E-state index contributed by atoms with van der Waals surface area (Å²) in [6, 6.07) is 1.51. The van der Waals surface area contributed by atoms with Gasteiger partial charge in [0.15, 0.2) is 0 Å². The molecule has 0 aliphatic carbocycles. The van der Waals surface area contributed by atoms with Crippen molar-refractivity contribution in [2.75, 3.05) is 18.6 Å². The summed E-state index contributed by atoms with van der Waals surface area (Å²) in [5.74, 6) is -1.64. The molecule has 0 saturated carbocycles. The van der Waals surface area contributed by atoms with Gasteiger partial charge in [0.05, 0.1) is 15.5 Å². The first-order valence-corrected chi connectivity index (χ1v) is 9.56. The van der Waals surface area contributed by atoms with E-state index in [-0.39, 0.29) is 17.9 Å². The number of halogens is 3. The summed E-state index contributed by atoms with van der Waals surface area (Å²) in [5.41, 5.74) is -0.354. The van der Waals surface area contributed by atoms with Crippen molar-refractivity contribution in [2.45, 2.75) is 4.90 Å². The summed E-state index contributed by atoms with van der Waals surface area (Å²) >= 11 is 5.62. The Kier molecular flexibility index (Phi) is 5.93. The summed E-state index contributed by atoms with van der Waals surface area (Å²) in [7, 11) is -0.196. The number of carbonyl (C=O) groups is 1. The molecule has 1 atom stereocenters. The monoisotopic (exact) mass is 361 g/mol. The van der Waals surface area contributed by atoms with Crippen molar-refractivity contribution in [2.24, 2.45) is 0 Å². The van der Waals surface area contributed by atoms with Crippen LogP contribution in [-0.2, 0) is 19.9 Å². The number of rotatable bonds is 5. The van der Waals surface area contributed by atoms with Crippen molar-refractivity contribution in [1.29, 1.82) is 0 Å². The first kappa shape index (κ1) is 17.4. The highest BCUT2D eigenvalue weighted by Gasteiger charge is 2.20. The van der Waals surface area contributed by atoms with E-state index in [0.717, 1.165) is 6.07 Å². The van der Waals surface area contributed by atoms with Gasteiger partial charge in [-0.2, -0.15) is 0 Å². The van der Waals surface area contributed by atoms with Gasteiger partial charge in [-0.05, 0) is 12.1 Å². The van der Waals surface area contributed by atoms with Crippen LogP contribution in [0, 0.1) is 5.82 Å². The van der Waals surface area contributed by atoms with Gasteiger partial charge in [-0.25, -0.2) is 12.8 Å². The summed E-state index contributed by atoms with van der Waals surface area (Å²) in [5, 5.41) is 1.85. The fourth-order valence-corrected chi connectivity index (χ4v) is 2.63. The van der Waals surface area contributed by atoms with E-state index in [4.69, 9.17) is 22.3 Å². The third-order valence-electron chi connectivity index (χ3n) is 2.20. The van der Waals surface area contributed by atoms with E-state index in [1.165, 1.54) is 6.26 Å². The summed E-state index contributed by atoms with van der Waals surface area (Å²) < 4.78 is 46.7. The first-order valence-electron chi connectivity index (χ1n) is 5.15. The maximum absolute atomic E-state index is 13.5. The van der Waals surface area contributed by atoms with Crippen LogP contribution in [-0.4, -0.2) is 37.1 Å². The summed E-state index contributed by atoms with van der Waals surface area (Å²) in [6.07, 6.45) is 1.46. The molecule has 112 valence electrons. The molecule has 20 heavy (non-hydrogen) atoms. The van der Waals surface area contributed by atoms with Gasteiger partial charge >= 0.3 is 0 Å². The number of carbonyl (C=O) groups excluding carboxylic acids is 1. The van der Waals surface area contributed by atoms with E-state index in [0.29, 0.717) is 6.07 Å². The van der Waals surface area contributed by atoms with Crippen LogP contribution >= 0.6 is 22.3 Å². The van der Waals surface area contributed by atoms with Gasteiger partial charge in [0.2, 0.25) is 0 Å². The lowest BCUT2D eigenvalue weighted by molar-refractivity contribution is 0.0955. The van der Waals surface area contributed by atoms with Crippen molar-refractivity contribution < 1.29 is 21.8 Å². The zero-order valence-corrected chi connectivity index (χ0v) is 13.3. The zero-order valence-electron chi connectivity index (χ0n) is 10.2. The molecule has 0 radical (unpaired) electrons. The molecule has 0 aliphatic rings. The predicted octanol–water partition coefficient (Wildman–Crippen LogP) is 1.51. The number of benzene rings is 1. The average molecular weight is 362 g/mol. The van der Waals surface area contributed by atoms with Gasteiger partial charge in [0, 0.05) is 40.0 Å². The molecule has 1 aromatic rings. The van der Waals surface area contributed by atoms with E-state index in [1.54, 1.807) is 0 Å². The van der Waals surface area contributed by atoms with Crippen molar-refractivity contribution in [3.63, 3.8) is 0 Å². The molecule has 1 rings (SSSR count). The standard InChI is InChI=1S/C10H10Cl2FNO4S2/c1-19(16)3-2-14-10(15)7-4-6(20(12,17)18)5-8(13)9(7)11/h4-5H,2-3H2,1H3,(H,14,15). The number of hydrogen-bond donors (Lipinski definition) is 1. The van der Waals surface area contributed by atoms with Gasteiger partial charge in [-0.1, -0.05) is 11.6 Å². The maximum atomic E-state index is 13.5. The molecule has 0 fully saturated rings. The molecule has 1 aromatic carbocycles. The van der Waals surface area contributed by atoms with Crippen molar-refractivity contribution in [3.8, 4) is 0 Å². The quantitative estimate of drug-likeness (QED) is 0.806. The lowest BCUT2D eigenvalue weighted by Crippen LogP contribution is -2.28. The fraction of sp³-hybridized carbons (Fsp3) is 0.300. The van der Waals surface area contributed by atoms with Crippen LogP contribution in [0.4, 0.5) is 4.39 Å². The third kappa shape index (κ3) is 4.69. The van der Waals surface area contributed by atoms with Crippen LogP contribution < -0.4 is 5.32 Å². The van der Waals surface area contributed by atoms with Crippen LogP contribution in [0.5, 0.6) is 0 Å². The lowest BCUT2D eigenvalue weighted by atomic mass is 10.2. The Morgan fingerprint density at radius 2 is 2.05 bits per heavy atom. The van der Waals surface area contributed by atoms with Crippen LogP contribution in [0.1, 0.15) is 10.4 Å². The van der Waals surface area contributed by atoms with Crippen molar-refractivity contribution in [3.05, 3.63) is 28.5 Å².